The highest BCUT2D eigenvalue weighted by Crippen LogP contribution is 2.18. The van der Waals surface area contributed by atoms with Crippen molar-refractivity contribution in [2.45, 2.75) is 26.7 Å². The summed E-state index contributed by atoms with van der Waals surface area (Å²) in [6.45, 7) is 4.07. The minimum atomic E-state index is -0.543. The molecule has 0 atom stereocenters. The molecule has 0 unspecified atom stereocenters. The van der Waals surface area contributed by atoms with Gasteiger partial charge in [-0.15, -0.1) is 0 Å². The summed E-state index contributed by atoms with van der Waals surface area (Å²) in [5, 5.41) is 0. The first-order chi connectivity index (χ1) is 18.2. The lowest BCUT2D eigenvalue weighted by Gasteiger charge is -2.09. The predicted octanol–water partition coefficient (Wildman–Crippen LogP) is 3.07. The second kappa shape index (κ2) is 17.1. The normalized spacial score (nSPS) is 10.1. The van der Waals surface area contributed by atoms with Crippen molar-refractivity contribution in [3.05, 3.63) is 52.9 Å². The summed E-state index contributed by atoms with van der Waals surface area (Å²) < 4.78 is 28.9. The fraction of sp³-hybridized carbons (Fsp3) is 0.385. The molecule has 2 aromatic heterocycles. The predicted molar refractivity (Wildman–Crippen MR) is 137 cm³/mol. The average Bonchev–Trinajstić information content (AvgIpc) is 2.94. The van der Waals surface area contributed by atoms with Crippen molar-refractivity contribution in [3.63, 3.8) is 0 Å². The van der Waals surface area contributed by atoms with Gasteiger partial charge in [0.15, 0.2) is 0 Å². The number of pyridine rings is 2. The van der Waals surface area contributed by atoms with Crippen molar-refractivity contribution >= 4 is 30.0 Å². The Morgan fingerprint density at radius 1 is 0.816 bits per heavy atom. The lowest BCUT2D eigenvalue weighted by atomic mass is 10.1. The maximum atomic E-state index is 11.6. The van der Waals surface area contributed by atoms with Gasteiger partial charge in [0.05, 0.1) is 52.8 Å². The molecule has 0 aliphatic heterocycles. The first kappa shape index (κ1) is 31.5. The third-order valence-electron chi connectivity index (χ3n) is 4.69. The molecule has 0 aromatic carbocycles. The third-order valence-corrected chi connectivity index (χ3v) is 4.69. The van der Waals surface area contributed by atoms with Crippen LogP contribution in [0.2, 0.25) is 0 Å². The van der Waals surface area contributed by atoms with Gasteiger partial charge in [-0.3, -0.25) is 4.79 Å². The first-order valence-corrected chi connectivity index (χ1v) is 11.5. The van der Waals surface area contributed by atoms with Gasteiger partial charge in [-0.1, -0.05) is 0 Å². The number of rotatable bonds is 11. The van der Waals surface area contributed by atoms with Crippen LogP contribution in [0.15, 0.2) is 30.6 Å². The number of aromatic nitrogens is 2. The van der Waals surface area contributed by atoms with E-state index in [0.717, 1.165) is 0 Å². The Hall–Kier alpha value is -4.48. The summed E-state index contributed by atoms with van der Waals surface area (Å²) in [6, 6.07) is 3.15. The number of nitrogens with zero attached hydrogens (tertiary/aromatic N) is 2. The SMILES string of the molecule is CCOC(=O)/C=C/c1cc(OC)ncc1C(=O)OC.CCOC(=O)CCc1cc(OC)ncc1C(=O)OC.[HH]. The number of ether oxygens (including phenoxy) is 6. The number of methoxy groups -OCH3 is 4. The zero-order valence-electron chi connectivity index (χ0n) is 22.3. The fourth-order valence-corrected chi connectivity index (χ4v) is 2.89. The summed E-state index contributed by atoms with van der Waals surface area (Å²) in [7, 11) is 5.50. The summed E-state index contributed by atoms with van der Waals surface area (Å²) in [5.41, 5.74) is 1.68. The van der Waals surface area contributed by atoms with Crippen molar-refractivity contribution in [1.82, 2.24) is 9.97 Å². The van der Waals surface area contributed by atoms with Crippen LogP contribution in [-0.2, 0) is 35.0 Å². The highest BCUT2D eigenvalue weighted by molar-refractivity contribution is 5.95. The Morgan fingerprint density at radius 3 is 1.92 bits per heavy atom. The van der Waals surface area contributed by atoms with E-state index < -0.39 is 17.9 Å². The van der Waals surface area contributed by atoms with Crippen LogP contribution in [0.3, 0.4) is 0 Å². The van der Waals surface area contributed by atoms with E-state index in [4.69, 9.17) is 18.9 Å². The fourth-order valence-electron chi connectivity index (χ4n) is 2.89. The molecule has 2 rings (SSSR count). The van der Waals surface area contributed by atoms with Crippen LogP contribution in [0.4, 0.5) is 0 Å². The number of carbonyl (C=O) groups excluding carboxylic acids is 4. The zero-order valence-corrected chi connectivity index (χ0v) is 22.3. The minimum absolute atomic E-state index is 0. The molecule has 2 heterocycles. The molecular weight excluding hydrogens is 500 g/mol. The average molecular weight is 535 g/mol. The van der Waals surface area contributed by atoms with Crippen LogP contribution in [-0.4, -0.2) is 75.5 Å². The lowest BCUT2D eigenvalue weighted by molar-refractivity contribution is -0.143. The van der Waals surface area contributed by atoms with Crippen LogP contribution in [0.5, 0.6) is 11.8 Å². The highest BCUT2D eigenvalue weighted by Gasteiger charge is 2.15. The maximum Gasteiger partial charge on any atom is 0.340 e. The molecule has 0 N–H and O–H groups in total. The summed E-state index contributed by atoms with van der Waals surface area (Å²) in [6.07, 6.45) is 5.94. The van der Waals surface area contributed by atoms with E-state index >= 15 is 0 Å². The van der Waals surface area contributed by atoms with Gasteiger partial charge in [-0.25, -0.2) is 24.4 Å². The van der Waals surface area contributed by atoms with Gasteiger partial charge < -0.3 is 28.4 Å². The molecule has 12 heteroatoms. The molecule has 0 radical (unpaired) electrons. The van der Waals surface area contributed by atoms with E-state index in [1.807, 2.05) is 0 Å². The third kappa shape index (κ3) is 10.2. The molecule has 0 saturated heterocycles. The molecule has 2 aromatic rings. The standard InChI is InChI=1S/C13H17NO5.C13H15NO5.H2/c2*1-4-19-12(15)6-5-9-7-11(17-2)14-8-10(9)13(16)18-3;/h7-8H,4-6H2,1-3H3;5-8H,4H2,1-3H3;1H/b;6-5+;. The van der Waals surface area contributed by atoms with Crippen LogP contribution in [0, 0.1) is 0 Å². The topological polar surface area (TPSA) is 149 Å². The molecular formula is C26H34N2O10. The smallest absolute Gasteiger partial charge is 0.340 e. The zero-order chi connectivity index (χ0) is 28.5. The Bertz CT molecular complexity index is 1140. The van der Waals surface area contributed by atoms with Crippen LogP contribution in [0.1, 0.15) is 53.5 Å². The van der Waals surface area contributed by atoms with Crippen molar-refractivity contribution in [2.24, 2.45) is 0 Å². The quantitative estimate of drug-likeness (QED) is 0.237. The molecule has 0 aliphatic carbocycles. The van der Waals surface area contributed by atoms with Gasteiger partial charge >= 0.3 is 23.9 Å². The number of hydrogen-bond acceptors (Lipinski definition) is 12. The lowest BCUT2D eigenvalue weighted by Crippen LogP contribution is -2.10. The second-order valence-corrected chi connectivity index (χ2v) is 7.07. The van der Waals surface area contributed by atoms with Crippen LogP contribution >= 0.6 is 0 Å². The van der Waals surface area contributed by atoms with E-state index in [1.54, 1.807) is 19.9 Å². The van der Waals surface area contributed by atoms with Gasteiger partial charge in [0, 0.05) is 38.4 Å². The number of carbonyl (C=O) groups is 4. The van der Waals surface area contributed by atoms with Crippen molar-refractivity contribution < 1.29 is 49.0 Å². The van der Waals surface area contributed by atoms with Crippen molar-refractivity contribution in [1.29, 1.82) is 0 Å². The molecule has 0 spiro atoms. The molecule has 12 nitrogen and oxygen atoms in total. The maximum absolute atomic E-state index is 11.6. The largest absolute Gasteiger partial charge is 0.481 e. The van der Waals surface area contributed by atoms with Gasteiger partial charge in [0.1, 0.15) is 0 Å². The van der Waals surface area contributed by atoms with Gasteiger partial charge in [-0.05, 0) is 37.5 Å². The van der Waals surface area contributed by atoms with Gasteiger partial charge in [-0.2, -0.15) is 0 Å². The molecule has 208 valence electrons. The van der Waals surface area contributed by atoms with E-state index in [-0.39, 0.29) is 26.0 Å². The summed E-state index contributed by atoms with van der Waals surface area (Å²) in [4.78, 5) is 53.6. The molecule has 0 aliphatic rings. The molecule has 0 bridgehead atoms. The van der Waals surface area contributed by atoms with Gasteiger partial charge in [0.2, 0.25) is 11.8 Å². The Labute approximate surface area is 222 Å². The number of hydrogen-bond donors (Lipinski definition) is 0. The molecule has 0 saturated carbocycles. The van der Waals surface area contributed by atoms with E-state index in [1.165, 1.54) is 59.1 Å². The first-order valence-electron chi connectivity index (χ1n) is 11.5. The number of esters is 4. The monoisotopic (exact) mass is 534 g/mol. The van der Waals surface area contributed by atoms with E-state index in [2.05, 4.69) is 19.4 Å². The van der Waals surface area contributed by atoms with E-state index in [9.17, 15) is 19.2 Å². The van der Waals surface area contributed by atoms with Crippen molar-refractivity contribution in [3.8, 4) is 11.8 Å². The Balaban J connectivity index is 0.000000722. The van der Waals surface area contributed by atoms with Gasteiger partial charge in [0.25, 0.3) is 0 Å². The second-order valence-electron chi connectivity index (χ2n) is 7.07. The minimum Gasteiger partial charge on any atom is -0.481 e. The summed E-state index contributed by atoms with van der Waals surface area (Å²) >= 11 is 0. The van der Waals surface area contributed by atoms with Crippen LogP contribution in [0.25, 0.3) is 6.08 Å². The Kier molecular flexibility index (Phi) is 14.2. The molecule has 0 fully saturated rings. The number of aryl methyl sites for hydroxylation is 1. The van der Waals surface area contributed by atoms with Crippen molar-refractivity contribution in [2.75, 3.05) is 41.7 Å². The molecule has 0 amide bonds. The van der Waals surface area contributed by atoms with Crippen LogP contribution < -0.4 is 9.47 Å². The Morgan fingerprint density at radius 2 is 1.37 bits per heavy atom. The summed E-state index contributed by atoms with van der Waals surface area (Å²) in [5.74, 6) is -1.13. The highest BCUT2D eigenvalue weighted by atomic mass is 16.5. The molecule has 38 heavy (non-hydrogen) atoms. The van der Waals surface area contributed by atoms with E-state index in [0.29, 0.717) is 41.5 Å².